The van der Waals surface area contributed by atoms with Gasteiger partial charge in [-0.3, -0.25) is 19.3 Å². The van der Waals surface area contributed by atoms with Crippen LogP contribution >= 0.6 is 46.4 Å². The first-order valence-corrected chi connectivity index (χ1v) is 12.9. The molecule has 2 atom stereocenters. The van der Waals surface area contributed by atoms with Gasteiger partial charge in [-0.2, -0.15) is 0 Å². The number of amides is 3. The molecule has 0 spiro atoms. The Morgan fingerprint density at radius 1 is 0.658 bits per heavy atom. The summed E-state index contributed by atoms with van der Waals surface area (Å²) >= 11 is 25.0. The van der Waals surface area contributed by atoms with Gasteiger partial charge in [0.1, 0.15) is 6.04 Å². The number of aryl methyl sites for hydroxylation is 2. The molecule has 38 heavy (non-hydrogen) atoms. The number of hydrogen-bond donors (Lipinski definition) is 0. The van der Waals surface area contributed by atoms with Crippen LogP contribution in [0.2, 0.25) is 20.1 Å². The fourth-order valence-corrected chi connectivity index (χ4v) is 5.89. The fourth-order valence-electron chi connectivity index (χ4n) is 4.88. The molecule has 3 amide bonds. The Bertz CT molecular complexity index is 1510. The molecule has 2 aliphatic rings. The second-order valence-corrected chi connectivity index (χ2v) is 10.5. The number of methoxy groups -OCH3 is 2. The van der Waals surface area contributed by atoms with E-state index in [1.807, 2.05) is 32.0 Å². The second-order valence-electron chi connectivity index (χ2n) is 8.97. The van der Waals surface area contributed by atoms with Crippen molar-refractivity contribution in [3.05, 3.63) is 84.3 Å². The molecule has 3 aromatic rings. The van der Waals surface area contributed by atoms with Crippen molar-refractivity contribution in [3.63, 3.8) is 0 Å². The third-order valence-corrected chi connectivity index (χ3v) is 8.80. The van der Waals surface area contributed by atoms with E-state index in [2.05, 4.69) is 0 Å². The Kier molecular flexibility index (Phi) is 6.76. The molecule has 2 aliphatic heterocycles. The van der Waals surface area contributed by atoms with Gasteiger partial charge in [-0.05, 0) is 54.8 Å². The monoisotopic (exact) mass is 592 g/mol. The van der Waals surface area contributed by atoms with E-state index in [4.69, 9.17) is 55.9 Å². The second kappa shape index (κ2) is 9.65. The average Bonchev–Trinajstić information content (AvgIpc) is 3.16. The number of ether oxygens (including phenoxy) is 2. The number of nitrogens with zero attached hydrogens (tertiary/aromatic N) is 2. The van der Waals surface area contributed by atoms with Crippen molar-refractivity contribution in [1.82, 2.24) is 4.90 Å². The lowest BCUT2D eigenvalue weighted by Gasteiger charge is -2.50. The lowest BCUT2D eigenvalue weighted by atomic mass is 9.85. The quantitative estimate of drug-likeness (QED) is 0.143. The van der Waals surface area contributed by atoms with Crippen LogP contribution in [0, 0.1) is 13.8 Å². The molecule has 0 radical (unpaired) electrons. The minimum atomic E-state index is -1.19. The predicted octanol–water partition coefficient (Wildman–Crippen LogP) is 6.69. The third-order valence-electron chi connectivity index (χ3n) is 7.00. The fraction of sp³-hybridized carbons (Fsp3) is 0.222. The largest absolute Gasteiger partial charge is 0.493 e. The molecule has 7 nitrogen and oxygen atoms in total. The van der Waals surface area contributed by atoms with E-state index in [-0.39, 0.29) is 31.2 Å². The molecule has 0 saturated carbocycles. The molecular formula is C27H20Cl4N2O5. The van der Waals surface area contributed by atoms with Gasteiger partial charge in [0.15, 0.2) is 11.5 Å². The first-order chi connectivity index (χ1) is 18.0. The number of fused-ring (bicyclic) bond motifs is 1. The highest BCUT2D eigenvalue weighted by Crippen LogP contribution is 2.50. The number of rotatable bonds is 5. The van der Waals surface area contributed by atoms with Crippen LogP contribution in [0.25, 0.3) is 0 Å². The normalized spacial score (nSPS) is 18.6. The highest BCUT2D eigenvalue weighted by atomic mass is 35.5. The maximum Gasteiger partial charge on any atom is 0.264 e. The van der Waals surface area contributed by atoms with Gasteiger partial charge in [-0.25, -0.2) is 0 Å². The van der Waals surface area contributed by atoms with Gasteiger partial charge in [0.05, 0.1) is 51.5 Å². The Balaban J connectivity index is 1.66. The number of imide groups is 1. The summed E-state index contributed by atoms with van der Waals surface area (Å²) in [5.74, 6) is -1.10. The van der Waals surface area contributed by atoms with Crippen LogP contribution in [0.4, 0.5) is 5.69 Å². The molecular weight excluding hydrogens is 574 g/mol. The van der Waals surface area contributed by atoms with Crippen LogP contribution in [0.3, 0.4) is 0 Å². The molecule has 0 N–H and O–H groups in total. The van der Waals surface area contributed by atoms with Crippen LogP contribution in [0.1, 0.15) is 43.4 Å². The summed E-state index contributed by atoms with van der Waals surface area (Å²) in [5.41, 5.74) is 2.91. The topological polar surface area (TPSA) is 76.2 Å². The van der Waals surface area contributed by atoms with E-state index in [9.17, 15) is 14.4 Å². The van der Waals surface area contributed by atoms with E-state index in [0.29, 0.717) is 22.7 Å². The summed E-state index contributed by atoms with van der Waals surface area (Å²) in [4.78, 5) is 43.4. The van der Waals surface area contributed by atoms with Crippen molar-refractivity contribution < 1.29 is 23.9 Å². The van der Waals surface area contributed by atoms with Gasteiger partial charge in [0.25, 0.3) is 17.7 Å². The summed E-state index contributed by atoms with van der Waals surface area (Å²) in [6, 6.07) is 8.84. The summed E-state index contributed by atoms with van der Waals surface area (Å²) in [5, 5.41) is -0.684. The Morgan fingerprint density at radius 2 is 1.24 bits per heavy atom. The van der Waals surface area contributed by atoms with E-state index in [1.165, 1.54) is 14.2 Å². The lowest BCUT2D eigenvalue weighted by Crippen LogP contribution is -2.67. The highest BCUT2D eigenvalue weighted by Gasteiger charge is 2.58. The standard InChI is InChI=1S/C27H20Cl4N2O5/c1-11-5-7-14(9-12(11)2)32-23(13-6-8-15(37-3)16(10-13)38-4)24(27(32)36)33-25(34)17-18(26(33)35)20(29)22(31)21(30)19(17)28/h5-10,23-24H,1-4H3/t23-,24+/m1/s1. The van der Waals surface area contributed by atoms with Gasteiger partial charge < -0.3 is 14.4 Å². The Hall–Kier alpha value is -2.97. The van der Waals surface area contributed by atoms with Gasteiger partial charge in [0, 0.05) is 5.69 Å². The number of anilines is 1. The van der Waals surface area contributed by atoms with E-state index in [1.54, 1.807) is 23.1 Å². The smallest absolute Gasteiger partial charge is 0.264 e. The number of β-lactam (4-membered cyclic amide) rings is 1. The van der Waals surface area contributed by atoms with Crippen molar-refractivity contribution in [1.29, 1.82) is 0 Å². The Morgan fingerprint density at radius 3 is 1.76 bits per heavy atom. The summed E-state index contributed by atoms with van der Waals surface area (Å²) in [6.45, 7) is 3.90. The van der Waals surface area contributed by atoms with Crippen LogP contribution in [0.5, 0.6) is 11.5 Å². The first kappa shape index (κ1) is 26.6. The minimum absolute atomic E-state index is 0.145. The number of benzene rings is 3. The van der Waals surface area contributed by atoms with Crippen molar-refractivity contribution >= 4 is 69.8 Å². The number of carbonyl (C=O) groups is 3. The van der Waals surface area contributed by atoms with Crippen LogP contribution in [-0.2, 0) is 4.79 Å². The molecule has 0 aromatic heterocycles. The summed E-state index contributed by atoms with van der Waals surface area (Å²) in [7, 11) is 3.00. The maximum absolute atomic E-state index is 13.8. The SMILES string of the molecule is COc1ccc([C@@H]2[C@H](N3C(=O)c4c(Cl)c(Cl)c(Cl)c(Cl)c4C3=O)C(=O)N2c2ccc(C)c(C)c2)cc1OC. The molecule has 1 fully saturated rings. The van der Waals surface area contributed by atoms with E-state index in [0.717, 1.165) is 16.0 Å². The Labute approximate surface area is 238 Å². The number of hydrogen-bond acceptors (Lipinski definition) is 5. The molecule has 11 heteroatoms. The van der Waals surface area contributed by atoms with Crippen LogP contribution in [-0.4, -0.2) is 42.9 Å². The van der Waals surface area contributed by atoms with Crippen LogP contribution in [0.15, 0.2) is 36.4 Å². The van der Waals surface area contributed by atoms with Gasteiger partial charge in [-0.1, -0.05) is 58.5 Å². The van der Waals surface area contributed by atoms with Gasteiger partial charge >= 0.3 is 0 Å². The summed E-state index contributed by atoms with van der Waals surface area (Å²) in [6.07, 6.45) is 0. The number of carbonyl (C=O) groups excluding carboxylic acids is 3. The maximum atomic E-state index is 13.8. The van der Waals surface area contributed by atoms with E-state index < -0.39 is 29.8 Å². The lowest BCUT2D eigenvalue weighted by molar-refractivity contribution is -0.130. The number of halogens is 4. The molecule has 0 bridgehead atoms. The molecule has 2 heterocycles. The van der Waals surface area contributed by atoms with Crippen LogP contribution < -0.4 is 14.4 Å². The zero-order valence-electron chi connectivity index (χ0n) is 20.6. The zero-order chi connectivity index (χ0) is 27.6. The third kappa shape index (κ3) is 3.75. The van der Waals surface area contributed by atoms with Crippen molar-refractivity contribution in [2.24, 2.45) is 0 Å². The molecule has 0 unspecified atom stereocenters. The van der Waals surface area contributed by atoms with Gasteiger partial charge in [-0.15, -0.1) is 0 Å². The molecule has 196 valence electrons. The molecule has 1 saturated heterocycles. The molecule has 5 rings (SSSR count). The van der Waals surface area contributed by atoms with Crippen molar-refractivity contribution in [3.8, 4) is 11.5 Å². The van der Waals surface area contributed by atoms with Crippen molar-refractivity contribution in [2.75, 3.05) is 19.1 Å². The zero-order valence-corrected chi connectivity index (χ0v) is 23.6. The summed E-state index contributed by atoms with van der Waals surface area (Å²) < 4.78 is 10.8. The highest BCUT2D eigenvalue weighted by molar-refractivity contribution is 6.55. The van der Waals surface area contributed by atoms with E-state index >= 15 is 0 Å². The average molecular weight is 594 g/mol. The predicted molar refractivity (Wildman–Crippen MR) is 146 cm³/mol. The van der Waals surface area contributed by atoms with Gasteiger partial charge in [0.2, 0.25) is 0 Å². The molecule has 3 aromatic carbocycles. The minimum Gasteiger partial charge on any atom is -0.493 e. The first-order valence-electron chi connectivity index (χ1n) is 11.4. The molecule has 0 aliphatic carbocycles. The van der Waals surface area contributed by atoms with Crippen molar-refractivity contribution in [2.45, 2.75) is 25.9 Å².